The zero-order valence-corrected chi connectivity index (χ0v) is 18.0. The van der Waals surface area contributed by atoms with Gasteiger partial charge < -0.3 is 14.7 Å². The zero-order chi connectivity index (χ0) is 22.2. The molecule has 1 heterocycles. The minimum absolute atomic E-state index is 0.291. The van der Waals surface area contributed by atoms with Crippen LogP contribution < -0.4 is 9.64 Å². The maximum absolute atomic E-state index is 13.4. The van der Waals surface area contributed by atoms with Crippen LogP contribution in [0.25, 0.3) is 0 Å². The van der Waals surface area contributed by atoms with Crippen molar-refractivity contribution in [2.24, 2.45) is 0 Å². The summed E-state index contributed by atoms with van der Waals surface area (Å²) in [5.41, 5.74) is 1.31. The second-order valence-electron chi connectivity index (χ2n) is 7.67. The first-order valence-electron chi connectivity index (χ1n) is 9.89. The van der Waals surface area contributed by atoms with Gasteiger partial charge in [0.2, 0.25) is 0 Å². The molecule has 1 amide bonds. The maximum atomic E-state index is 13.4. The monoisotopic (exact) mass is 435 g/mol. The van der Waals surface area contributed by atoms with Crippen LogP contribution in [0.15, 0.2) is 66.7 Å². The molecule has 0 spiro atoms. The van der Waals surface area contributed by atoms with Crippen LogP contribution >= 0.6 is 11.6 Å². The molecule has 0 fully saturated rings. The first-order valence-corrected chi connectivity index (χ1v) is 10.3. The third-order valence-electron chi connectivity index (χ3n) is 5.71. The van der Waals surface area contributed by atoms with Crippen molar-refractivity contribution in [1.29, 1.82) is 0 Å². The highest BCUT2D eigenvalue weighted by atomic mass is 35.5. The molecule has 0 saturated heterocycles. The summed E-state index contributed by atoms with van der Waals surface area (Å²) in [5, 5.41) is 11.9. The standard InChI is InChI=1S/C25H22ClNO4/c1-16-5-3-4-6-18(16)15-27-22-12-9-19(26)13-21(22)25(30,24(27)29)14-23(28)17-7-10-20(31-2)11-8-17/h3-13,30H,14-15H2,1-2H3. The number of nitrogens with zero attached hydrogens (tertiary/aromatic N) is 1. The Balaban J connectivity index is 1.70. The summed E-state index contributed by atoms with van der Waals surface area (Å²) in [5.74, 6) is -0.259. The number of methoxy groups -OCH3 is 1. The largest absolute Gasteiger partial charge is 0.497 e. The van der Waals surface area contributed by atoms with E-state index < -0.39 is 11.5 Å². The highest BCUT2D eigenvalue weighted by molar-refractivity contribution is 6.31. The molecular weight excluding hydrogens is 414 g/mol. The molecule has 6 heteroatoms. The van der Waals surface area contributed by atoms with Crippen LogP contribution in [-0.4, -0.2) is 23.9 Å². The fraction of sp³-hybridized carbons (Fsp3) is 0.200. The smallest absolute Gasteiger partial charge is 0.264 e. The molecular formula is C25H22ClNO4. The normalized spacial score (nSPS) is 17.5. The molecule has 0 bridgehead atoms. The minimum atomic E-state index is -1.99. The van der Waals surface area contributed by atoms with Gasteiger partial charge in [-0.25, -0.2) is 0 Å². The Hall–Kier alpha value is -3.15. The Bertz CT molecular complexity index is 1160. The number of ether oxygens (including phenoxy) is 1. The molecule has 0 radical (unpaired) electrons. The number of ketones is 1. The molecule has 31 heavy (non-hydrogen) atoms. The van der Waals surface area contributed by atoms with Crippen molar-refractivity contribution in [3.8, 4) is 5.75 Å². The van der Waals surface area contributed by atoms with Gasteiger partial charge in [0, 0.05) is 16.1 Å². The van der Waals surface area contributed by atoms with Crippen molar-refractivity contribution in [2.45, 2.75) is 25.5 Å². The van der Waals surface area contributed by atoms with Crippen molar-refractivity contribution in [2.75, 3.05) is 12.0 Å². The molecule has 158 valence electrons. The average molecular weight is 436 g/mol. The molecule has 3 aromatic rings. The van der Waals surface area contributed by atoms with Gasteiger partial charge in [-0.3, -0.25) is 9.59 Å². The third-order valence-corrected chi connectivity index (χ3v) is 5.95. The molecule has 1 aliphatic rings. The first kappa shape index (κ1) is 21.1. The number of carbonyl (C=O) groups excluding carboxylic acids is 2. The predicted molar refractivity (Wildman–Crippen MR) is 120 cm³/mol. The molecule has 1 atom stereocenters. The van der Waals surface area contributed by atoms with Gasteiger partial charge in [-0.2, -0.15) is 0 Å². The van der Waals surface area contributed by atoms with Gasteiger partial charge >= 0.3 is 0 Å². The quantitative estimate of drug-likeness (QED) is 0.571. The minimum Gasteiger partial charge on any atom is -0.497 e. The molecule has 1 unspecified atom stereocenters. The Kier molecular flexibility index (Phi) is 5.56. The average Bonchev–Trinajstić information content (AvgIpc) is 2.96. The SMILES string of the molecule is COc1ccc(C(=O)CC2(O)C(=O)N(Cc3ccccc3C)c3ccc(Cl)cc32)cc1. The molecule has 3 aromatic carbocycles. The van der Waals surface area contributed by atoms with Crippen molar-refractivity contribution in [1.82, 2.24) is 0 Å². The van der Waals surface area contributed by atoms with Crippen LogP contribution in [0.5, 0.6) is 5.75 Å². The number of halogens is 1. The molecule has 1 N–H and O–H groups in total. The van der Waals surface area contributed by atoms with Gasteiger partial charge in [0.15, 0.2) is 11.4 Å². The van der Waals surface area contributed by atoms with Gasteiger partial charge in [-0.1, -0.05) is 35.9 Å². The fourth-order valence-electron chi connectivity index (χ4n) is 3.92. The van der Waals surface area contributed by atoms with E-state index in [1.165, 1.54) is 4.90 Å². The maximum Gasteiger partial charge on any atom is 0.264 e. The third kappa shape index (κ3) is 3.82. The second kappa shape index (κ2) is 8.17. The molecule has 0 saturated carbocycles. The lowest BCUT2D eigenvalue weighted by Crippen LogP contribution is -2.41. The number of rotatable bonds is 6. The Morgan fingerprint density at radius 1 is 1.10 bits per heavy atom. The summed E-state index contributed by atoms with van der Waals surface area (Å²) in [7, 11) is 1.54. The van der Waals surface area contributed by atoms with Crippen molar-refractivity contribution in [3.05, 3.63) is 94.0 Å². The summed E-state index contributed by atoms with van der Waals surface area (Å²) in [6, 6.07) is 19.3. The number of benzene rings is 3. The van der Waals surface area contributed by atoms with E-state index in [9.17, 15) is 14.7 Å². The molecule has 0 aliphatic carbocycles. The summed E-state index contributed by atoms with van der Waals surface area (Å²) < 4.78 is 5.12. The Morgan fingerprint density at radius 3 is 2.48 bits per heavy atom. The fourth-order valence-corrected chi connectivity index (χ4v) is 4.09. The topological polar surface area (TPSA) is 66.8 Å². The lowest BCUT2D eigenvalue weighted by atomic mass is 9.88. The summed E-state index contributed by atoms with van der Waals surface area (Å²) in [6.07, 6.45) is -0.379. The molecule has 1 aliphatic heterocycles. The van der Waals surface area contributed by atoms with Crippen LogP contribution in [0.4, 0.5) is 5.69 Å². The van der Waals surface area contributed by atoms with Crippen molar-refractivity contribution >= 4 is 29.0 Å². The number of fused-ring (bicyclic) bond motifs is 1. The van der Waals surface area contributed by atoms with Crippen molar-refractivity contribution < 1.29 is 19.4 Å². The van der Waals surface area contributed by atoms with E-state index in [-0.39, 0.29) is 12.2 Å². The van der Waals surface area contributed by atoms with Crippen molar-refractivity contribution in [3.63, 3.8) is 0 Å². The Morgan fingerprint density at radius 2 is 1.81 bits per heavy atom. The number of amides is 1. The number of aryl methyl sites for hydroxylation is 1. The van der Waals surface area contributed by atoms with E-state index >= 15 is 0 Å². The highest BCUT2D eigenvalue weighted by Gasteiger charge is 2.51. The summed E-state index contributed by atoms with van der Waals surface area (Å²) >= 11 is 6.18. The predicted octanol–water partition coefficient (Wildman–Crippen LogP) is 4.66. The number of hydrogen-bond acceptors (Lipinski definition) is 4. The number of carbonyl (C=O) groups is 2. The van der Waals surface area contributed by atoms with Crippen LogP contribution in [-0.2, 0) is 16.9 Å². The summed E-state index contributed by atoms with van der Waals surface area (Å²) in [6.45, 7) is 2.26. The van der Waals surface area contributed by atoms with Gasteiger partial charge in [-0.15, -0.1) is 0 Å². The van der Waals surface area contributed by atoms with E-state index in [2.05, 4.69) is 0 Å². The molecule has 4 rings (SSSR count). The lowest BCUT2D eigenvalue weighted by molar-refractivity contribution is -0.136. The van der Waals surface area contributed by atoms with E-state index in [0.717, 1.165) is 11.1 Å². The van der Waals surface area contributed by atoms with Gasteiger partial charge in [0.05, 0.1) is 25.8 Å². The van der Waals surface area contributed by atoms with Crippen LogP contribution in [0.1, 0.15) is 33.5 Å². The number of aliphatic hydroxyl groups is 1. The summed E-state index contributed by atoms with van der Waals surface area (Å²) in [4.78, 5) is 27.9. The van der Waals surface area contributed by atoms with Crippen LogP contribution in [0.3, 0.4) is 0 Å². The first-order chi connectivity index (χ1) is 14.8. The zero-order valence-electron chi connectivity index (χ0n) is 17.3. The van der Waals surface area contributed by atoms with E-state index in [1.807, 2.05) is 31.2 Å². The second-order valence-corrected chi connectivity index (χ2v) is 8.10. The lowest BCUT2D eigenvalue weighted by Gasteiger charge is -2.23. The van der Waals surface area contributed by atoms with Gasteiger partial charge in [0.25, 0.3) is 5.91 Å². The Labute approximate surface area is 185 Å². The van der Waals surface area contributed by atoms with E-state index in [4.69, 9.17) is 16.3 Å². The van der Waals surface area contributed by atoms with E-state index in [0.29, 0.717) is 34.1 Å². The highest BCUT2D eigenvalue weighted by Crippen LogP contribution is 2.45. The van der Waals surface area contributed by atoms with Crippen LogP contribution in [0.2, 0.25) is 5.02 Å². The molecule has 5 nitrogen and oxygen atoms in total. The van der Waals surface area contributed by atoms with Crippen LogP contribution in [0, 0.1) is 6.92 Å². The number of Topliss-reactive ketones (excluding diaryl/α,β-unsaturated/α-hetero) is 1. The molecule has 0 aromatic heterocycles. The number of anilines is 1. The van der Waals surface area contributed by atoms with E-state index in [1.54, 1.807) is 49.6 Å². The number of hydrogen-bond donors (Lipinski definition) is 1. The van der Waals surface area contributed by atoms with Gasteiger partial charge in [-0.05, 0) is 60.5 Å². The van der Waals surface area contributed by atoms with Gasteiger partial charge in [0.1, 0.15) is 5.75 Å².